The molecule has 0 aromatic heterocycles. The molecule has 1 N–H and O–H groups in total. The summed E-state index contributed by atoms with van der Waals surface area (Å²) < 4.78 is 5.45. The lowest BCUT2D eigenvalue weighted by atomic mass is 9.84. The average molecular weight is 506 g/mol. The van der Waals surface area contributed by atoms with Crippen molar-refractivity contribution in [1.82, 2.24) is 9.80 Å². The molecule has 0 aliphatic carbocycles. The van der Waals surface area contributed by atoms with E-state index in [4.69, 9.17) is 4.74 Å². The smallest absolute Gasteiger partial charge is 0.410 e. The fourth-order valence-corrected chi connectivity index (χ4v) is 4.53. The minimum atomic E-state index is -1.15. The second-order valence-corrected chi connectivity index (χ2v) is 9.85. The molecule has 0 saturated carbocycles. The maximum Gasteiger partial charge on any atom is 0.410 e. The van der Waals surface area contributed by atoms with Crippen molar-refractivity contribution in [3.8, 4) is 0 Å². The monoisotopic (exact) mass is 505 g/mol. The van der Waals surface area contributed by atoms with E-state index in [1.54, 1.807) is 24.3 Å². The highest BCUT2D eigenvalue weighted by atomic mass is 16.6. The number of ether oxygens (including phenoxy) is 1. The van der Waals surface area contributed by atoms with E-state index in [9.17, 15) is 19.2 Å². The molecular weight excluding hydrogens is 470 g/mol. The fraction of sp³-hybridized carbons (Fsp3) is 0.379. The predicted octanol–water partition coefficient (Wildman–Crippen LogP) is 4.28. The van der Waals surface area contributed by atoms with Crippen LogP contribution in [0.3, 0.4) is 0 Å². The van der Waals surface area contributed by atoms with E-state index in [1.807, 2.05) is 50.2 Å². The molecule has 1 fully saturated rings. The molecule has 1 aliphatic rings. The molecule has 1 aliphatic heterocycles. The summed E-state index contributed by atoms with van der Waals surface area (Å²) in [6.07, 6.45) is 2.03. The molecule has 3 atom stereocenters. The lowest BCUT2D eigenvalue weighted by molar-refractivity contribution is -0.139. The summed E-state index contributed by atoms with van der Waals surface area (Å²) in [5.74, 6) is -0.658. The van der Waals surface area contributed by atoms with Gasteiger partial charge >= 0.3 is 6.09 Å². The van der Waals surface area contributed by atoms with Gasteiger partial charge in [-0.25, -0.2) is 4.79 Å². The van der Waals surface area contributed by atoms with Gasteiger partial charge in [0.05, 0.1) is 11.5 Å². The van der Waals surface area contributed by atoms with Crippen molar-refractivity contribution < 1.29 is 23.9 Å². The Morgan fingerprint density at radius 3 is 2.32 bits per heavy atom. The predicted molar refractivity (Wildman–Crippen MR) is 142 cm³/mol. The van der Waals surface area contributed by atoms with E-state index in [0.29, 0.717) is 18.4 Å². The molecule has 37 heavy (non-hydrogen) atoms. The number of carbonyl (C=O) groups excluding carboxylic acids is 4. The van der Waals surface area contributed by atoms with Gasteiger partial charge in [-0.2, -0.15) is 0 Å². The van der Waals surface area contributed by atoms with E-state index in [1.165, 1.54) is 22.9 Å². The maximum absolute atomic E-state index is 13.8. The van der Waals surface area contributed by atoms with Crippen molar-refractivity contribution in [2.24, 2.45) is 11.3 Å². The molecule has 2 aromatic rings. The zero-order chi connectivity index (χ0) is 27.0. The van der Waals surface area contributed by atoms with Crippen LogP contribution >= 0.6 is 0 Å². The molecule has 1 saturated heterocycles. The van der Waals surface area contributed by atoms with Gasteiger partial charge in [-0.05, 0) is 36.5 Å². The highest BCUT2D eigenvalue weighted by molar-refractivity contribution is 5.99. The van der Waals surface area contributed by atoms with Crippen molar-refractivity contribution in [2.75, 3.05) is 18.9 Å². The molecule has 1 heterocycles. The number of nitrogens with one attached hydrogen (secondary N) is 1. The van der Waals surface area contributed by atoms with Gasteiger partial charge in [0.2, 0.25) is 11.8 Å². The number of rotatable bonds is 10. The molecule has 3 amide bonds. The molecule has 8 nitrogen and oxygen atoms in total. The van der Waals surface area contributed by atoms with Gasteiger partial charge in [-0.3, -0.25) is 14.5 Å². The number of likely N-dealkylation sites (tertiary alicyclic amines) is 1. The summed E-state index contributed by atoms with van der Waals surface area (Å²) in [4.78, 5) is 54.7. The first-order chi connectivity index (χ1) is 17.7. The largest absolute Gasteiger partial charge is 0.445 e. The van der Waals surface area contributed by atoms with Crippen LogP contribution in [0.25, 0.3) is 0 Å². The summed E-state index contributed by atoms with van der Waals surface area (Å²) in [6, 6.07) is 16.6. The second-order valence-electron chi connectivity index (χ2n) is 9.85. The van der Waals surface area contributed by atoms with Crippen molar-refractivity contribution in [3.05, 3.63) is 78.9 Å². The van der Waals surface area contributed by atoms with E-state index < -0.39 is 29.5 Å². The van der Waals surface area contributed by atoms with Crippen molar-refractivity contribution in [3.63, 3.8) is 0 Å². The van der Waals surface area contributed by atoms with Gasteiger partial charge in [-0.1, -0.05) is 68.5 Å². The molecule has 0 bridgehead atoms. The normalized spacial score (nSPS) is 19.7. The number of amides is 3. The molecule has 196 valence electrons. The molecule has 8 heteroatoms. The lowest BCUT2D eigenvalue weighted by Gasteiger charge is -2.33. The van der Waals surface area contributed by atoms with Crippen LogP contribution < -0.4 is 5.32 Å². The van der Waals surface area contributed by atoms with E-state index >= 15 is 0 Å². The molecule has 3 rings (SSSR count). The quantitative estimate of drug-likeness (QED) is 0.384. The van der Waals surface area contributed by atoms with Crippen LogP contribution in [0, 0.1) is 11.3 Å². The summed E-state index contributed by atoms with van der Waals surface area (Å²) in [5.41, 5.74) is 0.294. The van der Waals surface area contributed by atoms with Gasteiger partial charge in [-0.15, -0.1) is 6.58 Å². The van der Waals surface area contributed by atoms with Crippen LogP contribution in [-0.2, 0) is 25.7 Å². The first kappa shape index (κ1) is 27.6. The van der Waals surface area contributed by atoms with Gasteiger partial charge in [0.1, 0.15) is 18.9 Å². The Labute approximate surface area is 218 Å². The number of hydrogen-bond donors (Lipinski definition) is 1. The van der Waals surface area contributed by atoms with Gasteiger partial charge in [0.15, 0.2) is 0 Å². The topological polar surface area (TPSA) is 96.0 Å². The van der Waals surface area contributed by atoms with Crippen LogP contribution in [0.2, 0.25) is 0 Å². The summed E-state index contributed by atoms with van der Waals surface area (Å²) in [5, 5.41) is 2.87. The highest BCUT2D eigenvalue weighted by Gasteiger charge is 2.50. The Hall–Kier alpha value is -3.94. The number of aldehydes is 1. The minimum Gasteiger partial charge on any atom is -0.445 e. The Morgan fingerprint density at radius 2 is 1.76 bits per heavy atom. The summed E-state index contributed by atoms with van der Waals surface area (Å²) in [7, 11) is 1.52. The van der Waals surface area contributed by atoms with Crippen molar-refractivity contribution in [1.29, 1.82) is 0 Å². The third-order valence-electron chi connectivity index (χ3n) is 6.68. The first-order valence-electron chi connectivity index (χ1n) is 12.4. The summed E-state index contributed by atoms with van der Waals surface area (Å²) in [6.45, 7) is 7.81. The van der Waals surface area contributed by atoms with Crippen LogP contribution in [0.1, 0.15) is 32.3 Å². The molecule has 2 aromatic carbocycles. The number of hydrogen-bond acceptors (Lipinski definition) is 5. The fourth-order valence-electron chi connectivity index (χ4n) is 4.53. The van der Waals surface area contributed by atoms with Crippen molar-refractivity contribution >= 4 is 29.9 Å². The van der Waals surface area contributed by atoms with E-state index in [-0.39, 0.29) is 31.4 Å². The second kappa shape index (κ2) is 12.3. The molecule has 0 radical (unpaired) electrons. The van der Waals surface area contributed by atoms with Gasteiger partial charge < -0.3 is 19.7 Å². The SMILES string of the molecule is C=C[C@]1(C(=O)Nc2ccccc2)C[C@@H](C=O)N(C(=O)[C@H](CC(C)C)N(C)C(=O)OCc2ccccc2)C1. The van der Waals surface area contributed by atoms with Crippen LogP contribution in [0.5, 0.6) is 0 Å². The molecular formula is C29H35N3O5. The summed E-state index contributed by atoms with van der Waals surface area (Å²) >= 11 is 0. The number of benzene rings is 2. The van der Waals surface area contributed by atoms with Crippen LogP contribution in [-0.4, -0.2) is 59.7 Å². The first-order valence-corrected chi connectivity index (χ1v) is 12.4. The zero-order valence-electron chi connectivity index (χ0n) is 21.6. The highest BCUT2D eigenvalue weighted by Crippen LogP contribution is 2.37. The van der Waals surface area contributed by atoms with Crippen molar-refractivity contribution in [2.45, 2.75) is 45.4 Å². The average Bonchev–Trinajstić information content (AvgIpc) is 3.31. The zero-order valence-corrected chi connectivity index (χ0v) is 21.6. The molecule has 0 spiro atoms. The number of anilines is 1. The van der Waals surface area contributed by atoms with E-state index in [0.717, 1.165) is 5.56 Å². The third-order valence-corrected chi connectivity index (χ3v) is 6.68. The third kappa shape index (κ3) is 6.64. The van der Waals surface area contributed by atoms with Gasteiger partial charge in [0.25, 0.3) is 0 Å². The Bertz CT molecular complexity index is 1110. The maximum atomic E-state index is 13.8. The minimum absolute atomic E-state index is 0.0150. The van der Waals surface area contributed by atoms with Crippen LogP contribution in [0.4, 0.5) is 10.5 Å². The number of likely N-dealkylation sites (N-methyl/N-ethyl adjacent to an activating group) is 1. The Kier molecular flexibility index (Phi) is 9.22. The molecule has 0 unspecified atom stereocenters. The number of nitrogens with zero attached hydrogens (tertiary/aromatic N) is 2. The van der Waals surface area contributed by atoms with Crippen LogP contribution in [0.15, 0.2) is 73.3 Å². The number of carbonyl (C=O) groups is 4. The standard InChI is InChI=1S/C29H35N3O5/c1-5-29(27(35)30-23-14-10-7-11-15-23)17-24(18-33)32(20-29)26(34)25(16-21(2)3)31(4)28(36)37-19-22-12-8-6-9-13-22/h5-15,18,21,24-25H,1,16-17,19-20H2,2-4H3,(H,30,35)/t24-,25-,29-/m0/s1. The van der Waals surface area contributed by atoms with E-state index in [2.05, 4.69) is 11.9 Å². The lowest BCUT2D eigenvalue weighted by Crippen LogP contribution is -2.52. The Balaban J connectivity index is 1.78. The number of para-hydroxylation sites is 1. The van der Waals surface area contributed by atoms with Gasteiger partial charge in [0, 0.05) is 19.3 Å². The Morgan fingerprint density at radius 1 is 1.14 bits per heavy atom.